The highest BCUT2D eigenvalue weighted by Crippen LogP contribution is 2.23. The minimum Gasteiger partial charge on any atom is -0.351 e. The fourth-order valence-electron chi connectivity index (χ4n) is 4.45. The topological polar surface area (TPSA) is 77.1 Å². The highest BCUT2D eigenvalue weighted by atomic mass is 16.2. The van der Waals surface area contributed by atoms with Crippen molar-refractivity contribution >= 4 is 5.91 Å². The lowest BCUT2D eigenvalue weighted by Gasteiger charge is -2.29. The molecule has 2 aromatic rings. The van der Waals surface area contributed by atoms with Crippen LogP contribution in [0.4, 0.5) is 0 Å². The molecule has 4 rings (SSSR count). The van der Waals surface area contributed by atoms with E-state index in [4.69, 9.17) is 0 Å². The number of carbonyl (C=O) groups is 1. The minimum atomic E-state index is -0.0355. The monoisotopic (exact) mass is 383 g/mol. The molecule has 1 aromatic heterocycles. The lowest BCUT2D eigenvalue weighted by molar-refractivity contribution is -0.901. The lowest BCUT2D eigenvalue weighted by atomic mass is 9.86. The van der Waals surface area contributed by atoms with Crippen molar-refractivity contribution in [3.8, 4) is 11.4 Å². The average Bonchev–Trinajstić information content (AvgIpc) is 3.36. The summed E-state index contributed by atoms with van der Waals surface area (Å²) in [6.07, 6.45) is 7.39. The van der Waals surface area contributed by atoms with E-state index in [0.717, 1.165) is 18.5 Å². The van der Waals surface area contributed by atoms with E-state index in [1.807, 2.05) is 0 Å². The van der Waals surface area contributed by atoms with E-state index in [2.05, 4.69) is 51.9 Å². The molecule has 0 radical (unpaired) electrons. The molecule has 2 N–H and O–H groups in total. The summed E-state index contributed by atoms with van der Waals surface area (Å²) >= 11 is 0. The van der Waals surface area contributed by atoms with Crippen LogP contribution in [0.5, 0.6) is 0 Å². The number of rotatable bonds is 6. The summed E-state index contributed by atoms with van der Waals surface area (Å²) in [5, 5.41) is 15.7. The summed E-state index contributed by atoms with van der Waals surface area (Å²) < 4.78 is 0. The van der Waals surface area contributed by atoms with E-state index in [0.29, 0.717) is 11.7 Å². The molecule has 1 amide bonds. The molecule has 2 heterocycles. The van der Waals surface area contributed by atoms with Crippen LogP contribution in [-0.4, -0.2) is 45.2 Å². The number of hydrogen-bond acceptors (Lipinski definition) is 4. The zero-order valence-electron chi connectivity index (χ0n) is 16.7. The molecule has 1 aliphatic heterocycles. The van der Waals surface area contributed by atoms with Gasteiger partial charge in [0.05, 0.1) is 13.1 Å². The van der Waals surface area contributed by atoms with Gasteiger partial charge < -0.3 is 10.2 Å². The molecular formula is C21H31N6O+. The van der Waals surface area contributed by atoms with Crippen LogP contribution < -0.4 is 10.2 Å². The Morgan fingerprint density at radius 1 is 1.14 bits per heavy atom. The number of nitrogens with one attached hydrogen (secondary N) is 2. The third-order valence-corrected chi connectivity index (χ3v) is 6.17. The largest absolute Gasteiger partial charge is 0.351 e. The van der Waals surface area contributed by atoms with Crippen LogP contribution in [0.2, 0.25) is 0 Å². The average molecular weight is 384 g/mol. The van der Waals surface area contributed by atoms with Gasteiger partial charge in [0.1, 0.15) is 13.1 Å². The van der Waals surface area contributed by atoms with Crippen molar-refractivity contribution in [1.82, 2.24) is 25.5 Å². The maximum Gasteiger partial charge on any atom is 0.243 e. The van der Waals surface area contributed by atoms with Gasteiger partial charge in [0.25, 0.3) is 0 Å². The first-order chi connectivity index (χ1) is 13.7. The van der Waals surface area contributed by atoms with Gasteiger partial charge in [0.15, 0.2) is 0 Å². The van der Waals surface area contributed by atoms with Gasteiger partial charge in [-0.1, -0.05) is 44.0 Å². The third kappa shape index (κ3) is 4.76. The Morgan fingerprint density at radius 3 is 2.64 bits per heavy atom. The lowest BCUT2D eigenvalue weighted by Crippen LogP contribution is -3.08. The van der Waals surface area contributed by atoms with Gasteiger partial charge in [-0.15, -0.1) is 10.2 Å². The summed E-state index contributed by atoms with van der Waals surface area (Å²) in [4.78, 5) is 15.4. The Balaban J connectivity index is 1.32. The number of hydrogen-bond donors (Lipinski definition) is 2. The normalized spacial score (nSPS) is 23.0. The fourth-order valence-corrected chi connectivity index (χ4v) is 4.45. The molecule has 1 saturated heterocycles. The van der Waals surface area contributed by atoms with Crippen molar-refractivity contribution in [2.45, 2.75) is 64.6 Å². The van der Waals surface area contributed by atoms with Crippen LogP contribution in [0.15, 0.2) is 24.3 Å². The second-order valence-electron chi connectivity index (χ2n) is 8.41. The predicted octanol–water partition coefficient (Wildman–Crippen LogP) is 1.21. The summed E-state index contributed by atoms with van der Waals surface area (Å²) in [5.41, 5.74) is 2.28. The molecule has 0 bridgehead atoms. The smallest absolute Gasteiger partial charge is 0.243 e. The molecule has 0 spiro atoms. The molecule has 1 aromatic carbocycles. The Labute approximate surface area is 166 Å². The highest BCUT2D eigenvalue weighted by Gasteiger charge is 2.23. The number of carbonyl (C=O) groups excluding carboxylic acids is 1. The van der Waals surface area contributed by atoms with Crippen molar-refractivity contribution in [2.75, 3.05) is 13.1 Å². The Bertz CT molecular complexity index is 780. The quantitative estimate of drug-likeness (QED) is 0.786. The van der Waals surface area contributed by atoms with Gasteiger partial charge in [-0.2, -0.15) is 4.80 Å². The fraction of sp³-hybridized carbons (Fsp3) is 0.619. The highest BCUT2D eigenvalue weighted by molar-refractivity contribution is 5.75. The Kier molecular flexibility index (Phi) is 6.00. The number of quaternary nitrogens is 1. The molecule has 1 aliphatic carbocycles. The minimum absolute atomic E-state index is 0.0355. The van der Waals surface area contributed by atoms with Crippen LogP contribution in [0.1, 0.15) is 51.0 Å². The summed E-state index contributed by atoms with van der Waals surface area (Å²) in [5.74, 6) is 1.07. The van der Waals surface area contributed by atoms with Crippen molar-refractivity contribution in [1.29, 1.82) is 0 Å². The SMILES string of the molecule is C[C@@H]1CCCC[C@@H]1NC(=O)Cn1nnc(-c2ccc(C[NH+]3CCCC3)cc2)n1. The van der Waals surface area contributed by atoms with Crippen molar-refractivity contribution < 1.29 is 9.69 Å². The van der Waals surface area contributed by atoms with Crippen LogP contribution in [0.25, 0.3) is 11.4 Å². The van der Waals surface area contributed by atoms with Gasteiger partial charge in [0.2, 0.25) is 11.7 Å². The number of tetrazole rings is 1. The third-order valence-electron chi connectivity index (χ3n) is 6.17. The van der Waals surface area contributed by atoms with Crippen LogP contribution in [0, 0.1) is 5.92 Å². The Morgan fingerprint density at radius 2 is 1.89 bits per heavy atom. The zero-order valence-corrected chi connectivity index (χ0v) is 16.7. The van der Waals surface area contributed by atoms with E-state index in [-0.39, 0.29) is 18.5 Å². The van der Waals surface area contributed by atoms with E-state index in [9.17, 15) is 4.79 Å². The maximum absolute atomic E-state index is 12.3. The first-order valence-corrected chi connectivity index (χ1v) is 10.7. The Hall–Kier alpha value is -2.28. The number of likely N-dealkylation sites (tertiary alicyclic amines) is 1. The zero-order chi connectivity index (χ0) is 19.3. The van der Waals surface area contributed by atoms with Crippen molar-refractivity contribution in [3.05, 3.63) is 29.8 Å². The molecule has 150 valence electrons. The maximum atomic E-state index is 12.3. The van der Waals surface area contributed by atoms with E-state index in [1.165, 1.54) is 55.6 Å². The van der Waals surface area contributed by atoms with Crippen molar-refractivity contribution in [2.24, 2.45) is 5.92 Å². The molecule has 1 saturated carbocycles. The number of amides is 1. The van der Waals surface area contributed by atoms with Crippen LogP contribution in [-0.2, 0) is 17.9 Å². The van der Waals surface area contributed by atoms with Gasteiger partial charge in [-0.25, -0.2) is 0 Å². The number of nitrogens with zero attached hydrogens (tertiary/aromatic N) is 4. The summed E-state index contributed by atoms with van der Waals surface area (Å²) in [6, 6.07) is 8.68. The number of benzene rings is 1. The molecule has 2 atom stereocenters. The van der Waals surface area contributed by atoms with E-state index in [1.54, 1.807) is 4.90 Å². The van der Waals surface area contributed by atoms with Gasteiger partial charge in [-0.3, -0.25) is 4.79 Å². The molecular weight excluding hydrogens is 352 g/mol. The second kappa shape index (κ2) is 8.82. The van der Waals surface area contributed by atoms with Gasteiger partial charge >= 0.3 is 0 Å². The van der Waals surface area contributed by atoms with Crippen LogP contribution >= 0.6 is 0 Å². The van der Waals surface area contributed by atoms with E-state index < -0.39 is 0 Å². The molecule has 7 nitrogen and oxygen atoms in total. The summed E-state index contributed by atoms with van der Waals surface area (Å²) in [6.45, 7) is 5.97. The van der Waals surface area contributed by atoms with Gasteiger partial charge in [0, 0.05) is 30.0 Å². The molecule has 7 heteroatoms. The molecule has 2 fully saturated rings. The molecule has 2 aliphatic rings. The molecule has 0 unspecified atom stereocenters. The predicted molar refractivity (Wildman–Crippen MR) is 106 cm³/mol. The first kappa shape index (κ1) is 19.1. The standard InChI is InChI=1S/C21H30N6O/c1-16-6-2-3-7-19(16)22-20(28)15-27-24-21(23-25-27)18-10-8-17(9-11-18)14-26-12-4-5-13-26/h8-11,16,19H,2-7,12-15H2,1H3,(H,22,28)/p+1/t16-,19+/m1/s1. The molecule has 28 heavy (non-hydrogen) atoms. The van der Waals surface area contributed by atoms with Crippen LogP contribution in [0.3, 0.4) is 0 Å². The first-order valence-electron chi connectivity index (χ1n) is 10.7. The number of aromatic nitrogens is 4. The summed E-state index contributed by atoms with van der Waals surface area (Å²) in [7, 11) is 0. The van der Waals surface area contributed by atoms with E-state index >= 15 is 0 Å². The second-order valence-corrected chi connectivity index (χ2v) is 8.41. The van der Waals surface area contributed by atoms with Crippen molar-refractivity contribution in [3.63, 3.8) is 0 Å². The van der Waals surface area contributed by atoms with Gasteiger partial charge in [-0.05, 0) is 24.0 Å².